The Bertz CT molecular complexity index is 1960. The number of aryl methyl sites for hydroxylation is 2. The van der Waals surface area contributed by atoms with Crippen LogP contribution in [-0.4, -0.2) is 36.8 Å². The number of para-hydroxylation sites is 1. The Morgan fingerprint density at radius 2 is 1.27 bits per heavy atom. The lowest BCUT2D eigenvalue weighted by atomic mass is 9.91. The molecule has 0 bridgehead atoms. The van der Waals surface area contributed by atoms with Crippen LogP contribution in [0.25, 0.3) is 10.9 Å². The minimum absolute atomic E-state index is 0.0249. The van der Waals surface area contributed by atoms with E-state index in [4.69, 9.17) is 0 Å². The first kappa shape index (κ1) is 27.3. The maximum absolute atomic E-state index is 14.4. The van der Waals surface area contributed by atoms with Crippen LogP contribution in [-0.2, 0) is 26.6 Å². The number of phenolic OH excluding ortho intramolecular Hbond substituents is 1. The summed E-state index contributed by atoms with van der Waals surface area (Å²) in [7, 11) is -7.93. The summed E-state index contributed by atoms with van der Waals surface area (Å²) in [6.07, 6.45) is 0.350. The zero-order valence-corrected chi connectivity index (χ0v) is 24.4. The van der Waals surface area contributed by atoms with Gasteiger partial charge in [-0.1, -0.05) is 65.7 Å². The summed E-state index contributed by atoms with van der Waals surface area (Å²) in [6, 6.07) is 27.4. The minimum atomic E-state index is -4.06. The van der Waals surface area contributed by atoms with Gasteiger partial charge in [0, 0.05) is 30.1 Å². The topological polar surface area (TPSA) is 96.7 Å². The average Bonchev–Trinajstić information content (AvgIpc) is 3.15. The van der Waals surface area contributed by atoms with Gasteiger partial charge in [0.25, 0.3) is 10.0 Å². The quantitative estimate of drug-likeness (QED) is 0.276. The molecule has 0 radical (unpaired) electrons. The molecule has 7 nitrogen and oxygen atoms in total. The predicted octanol–water partition coefficient (Wildman–Crippen LogP) is 5.93. The second-order valence-electron chi connectivity index (χ2n) is 10.5. The summed E-state index contributed by atoms with van der Waals surface area (Å²) in [5.41, 5.74) is 4.39. The normalized spacial score (nSPS) is 16.4. The molecule has 0 aliphatic carbocycles. The Labute approximate surface area is 240 Å². The molecule has 41 heavy (non-hydrogen) atoms. The van der Waals surface area contributed by atoms with Gasteiger partial charge in [-0.05, 0) is 73.9 Å². The molecular weight excluding hydrogens is 556 g/mol. The molecule has 0 amide bonds. The highest BCUT2D eigenvalue weighted by atomic mass is 32.2. The number of aromatic nitrogens is 1. The summed E-state index contributed by atoms with van der Waals surface area (Å²) in [5.74, 6) is -0.351. The molecule has 1 aliphatic rings. The molecule has 1 atom stereocenters. The van der Waals surface area contributed by atoms with Gasteiger partial charge < -0.3 is 5.11 Å². The van der Waals surface area contributed by atoms with Gasteiger partial charge in [-0.3, -0.25) is 0 Å². The molecule has 1 unspecified atom stereocenters. The fraction of sp³-hybridized carbons (Fsp3) is 0.188. The van der Waals surface area contributed by atoms with E-state index in [0.29, 0.717) is 28.6 Å². The summed E-state index contributed by atoms with van der Waals surface area (Å²) in [4.78, 5) is 0.355. The first-order chi connectivity index (χ1) is 19.6. The number of benzene rings is 4. The second kappa shape index (κ2) is 10.2. The van der Waals surface area contributed by atoms with E-state index in [2.05, 4.69) is 0 Å². The second-order valence-corrected chi connectivity index (χ2v) is 14.3. The zero-order chi connectivity index (χ0) is 28.9. The Hall–Kier alpha value is -3.92. The molecule has 210 valence electrons. The first-order valence-electron chi connectivity index (χ1n) is 13.4. The molecule has 9 heteroatoms. The maximum atomic E-state index is 14.4. The average molecular weight is 587 g/mol. The van der Waals surface area contributed by atoms with Gasteiger partial charge in [0.2, 0.25) is 10.0 Å². The Morgan fingerprint density at radius 1 is 0.707 bits per heavy atom. The van der Waals surface area contributed by atoms with Crippen molar-refractivity contribution >= 4 is 30.9 Å². The number of hydrogen-bond donors (Lipinski definition) is 1. The first-order valence-corrected chi connectivity index (χ1v) is 16.3. The van der Waals surface area contributed by atoms with Crippen LogP contribution in [0.5, 0.6) is 5.75 Å². The van der Waals surface area contributed by atoms with Crippen molar-refractivity contribution in [3.05, 3.63) is 125 Å². The Balaban J connectivity index is 1.62. The zero-order valence-electron chi connectivity index (χ0n) is 22.7. The standard InChI is InChI=1S/C32H30N2O5S2/c1-22-7-15-26(16-8-22)40(36,37)33-20-19-28(24-11-13-25(35)14-12-24)32-30(21-33)29-5-3-4-6-31(29)34(32)41(38,39)27-17-9-23(2)10-18-27/h3-18,28,35H,19-21H2,1-2H3. The van der Waals surface area contributed by atoms with E-state index in [1.165, 1.54) is 8.28 Å². The molecule has 5 aromatic rings. The number of sulfonamides is 1. The van der Waals surface area contributed by atoms with Crippen molar-refractivity contribution in [2.75, 3.05) is 6.54 Å². The highest BCUT2D eigenvalue weighted by Crippen LogP contribution is 2.42. The third-order valence-corrected chi connectivity index (χ3v) is 11.4. The fourth-order valence-electron chi connectivity index (χ4n) is 5.65. The Kier molecular flexibility index (Phi) is 6.76. The van der Waals surface area contributed by atoms with Crippen LogP contribution in [0.1, 0.15) is 40.3 Å². The molecule has 2 heterocycles. The molecule has 0 fully saturated rings. The van der Waals surface area contributed by atoms with Gasteiger partial charge in [0.1, 0.15) is 5.75 Å². The van der Waals surface area contributed by atoms with Crippen molar-refractivity contribution in [2.24, 2.45) is 0 Å². The van der Waals surface area contributed by atoms with Crippen molar-refractivity contribution < 1.29 is 21.9 Å². The lowest BCUT2D eigenvalue weighted by Gasteiger charge is -2.22. The van der Waals surface area contributed by atoms with Crippen molar-refractivity contribution in [1.82, 2.24) is 8.28 Å². The van der Waals surface area contributed by atoms with E-state index in [0.717, 1.165) is 16.7 Å². The van der Waals surface area contributed by atoms with Crippen LogP contribution in [0.2, 0.25) is 0 Å². The highest BCUT2D eigenvalue weighted by molar-refractivity contribution is 7.90. The van der Waals surface area contributed by atoms with Crippen molar-refractivity contribution in [3.8, 4) is 5.75 Å². The number of rotatable bonds is 5. The van der Waals surface area contributed by atoms with Crippen molar-refractivity contribution in [1.29, 1.82) is 0 Å². The largest absolute Gasteiger partial charge is 0.508 e. The molecule has 0 saturated heterocycles. The van der Waals surface area contributed by atoms with E-state index in [9.17, 15) is 21.9 Å². The van der Waals surface area contributed by atoms with Gasteiger partial charge in [-0.15, -0.1) is 0 Å². The van der Waals surface area contributed by atoms with Crippen LogP contribution >= 0.6 is 0 Å². The van der Waals surface area contributed by atoms with Crippen molar-refractivity contribution in [3.63, 3.8) is 0 Å². The molecule has 4 aromatic carbocycles. The van der Waals surface area contributed by atoms with E-state index in [1.54, 1.807) is 84.9 Å². The monoisotopic (exact) mass is 586 g/mol. The number of aromatic hydroxyl groups is 1. The van der Waals surface area contributed by atoms with Gasteiger partial charge in [-0.2, -0.15) is 4.31 Å². The summed E-state index contributed by atoms with van der Waals surface area (Å²) in [6.45, 7) is 4.02. The van der Waals surface area contributed by atoms with Gasteiger partial charge in [-0.25, -0.2) is 20.8 Å². The summed E-state index contributed by atoms with van der Waals surface area (Å²) in [5, 5.41) is 10.7. The molecular formula is C32H30N2O5S2. The number of nitrogens with zero attached hydrogens (tertiary/aromatic N) is 2. The summed E-state index contributed by atoms with van der Waals surface area (Å²) < 4.78 is 59.4. The maximum Gasteiger partial charge on any atom is 0.268 e. The predicted molar refractivity (Wildman–Crippen MR) is 159 cm³/mol. The Morgan fingerprint density at radius 3 is 1.88 bits per heavy atom. The molecule has 0 saturated carbocycles. The minimum Gasteiger partial charge on any atom is -0.508 e. The lowest BCUT2D eigenvalue weighted by molar-refractivity contribution is 0.406. The van der Waals surface area contributed by atoms with Gasteiger partial charge in [0.05, 0.1) is 15.3 Å². The smallest absolute Gasteiger partial charge is 0.268 e. The molecule has 0 spiro atoms. The molecule has 6 rings (SSSR count). The van der Waals surface area contributed by atoms with Crippen LogP contribution in [0.4, 0.5) is 0 Å². The van der Waals surface area contributed by atoms with E-state index in [-0.39, 0.29) is 28.6 Å². The van der Waals surface area contributed by atoms with Crippen LogP contribution < -0.4 is 0 Å². The molecule has 1 N–H and O–H groups in total. The number of hydrogen-bond acceptors (Lipinski definition) is 5. The SMILES string of the molecule is Cc1ccc(S(=O)(=O)N2CCC(c3ccc(O)cc3)c3c(c4ccccc4n3S(=O)(=O)c3ccc(C)cc3)C2)cc1. The molecule has 1 aromatic heterocycles. The van der Waals surface area contributed by atoms with Crippen LogP contribution in [0.15, 0.2) is 107 Å². The van der Waals surface area contributed by atoms with Gasteiger partial charge >= 0.3 is 0 Å². The highest BCUT2D eigenvalue weighted by Gasteiger charge is 2.37. The van der Waals surface area contributed by atoms with E-state index < -0.39 is 26.0 Å². The third-order valence-electron chi connectivity index (χ3n) is 7.82. The number of phenols is 1. The van der Waals surface area contributed by atoms with E-state index >= 15 is 0 Å². The third kappa shape index (κ3) is 4.73. The van der Waals surface area contributed by atoms with Gasteiger partial charge in [0.15, 0.2) is 0 Å². The van der Waals surface area contributed by atoms with Crippen LogP contribution in [0, 0.1) is 13.8 Å². The van der Waals surface area contributed by atoms with E-state index in [1.807, 2.05) is 26.0 Å². The molecule has 1 aliphatic heterocycles. The summed E-state index contributed by atoms with van der Waals surface area (Å²) >= 11 is 0. The number of fused-ring (bicyclic) bond motifs is 3. The van der Waals surface area contributed by atoms with Crippen LogP contribution in [0.3, 0.4) is 0 Å². The lowest BCUT2D eigenvalue weighted by Crippen LogP contribution is -2.31. The van der Waals surface area contributed by atoms with Crippen molar-refractivity contribution in [2.45, 2.75) is 42.5 Å². The fourth-order valence-corrected chi connectivity index (χ4v) is 8.68.